The molecule has 0 radical (unpaired) electrons. The number of morpholine rings is 1. The Morgan fingerprint density at radius 2 is 1.95 bits per heavy atom. The molecular formula is C15H13N2O4S-. The van der Waals surface area contributed by atoms with Crippen LogP contribution in [-0.2, 0) is 9.53 Å². The van der Waals surface area contributed by atoms with Gasteiger partial charge < -0.3 is 19.5 Å². The predicted molar refractivity (Wildman–Crippen MR) is 81.2 cm³/mol. The van der Waals surface area contributed by atoms with Gasteiger partial charge in [0.15, 0.2) is 5.17 Å². The molecule has 2 aliphatic heterocycles. The van der Waals surface area contributed by atoms with Gasteiger partial charge in [-0.15, -0.1) is 0 Å². The summed E-state index contributed by atoms with van der Waals surface area (Å²) in [6, 6.07) is 6.18. The van der Waals surface area contributed by atoms with Crippen molar-refractivity contribution in [1.29, 1.82) is 0 Å². The van der Waals surface area contributed by atoms with Gasteiger partial charge in [-0.25, -0.2) is 0 Å². The Morgan fingerprint density at radius 3 is 2.59 bits per heavy atom. The molecule has 1 fully saturated rings. The molecule has 2 heterocycles. The maximum atomic E-state index is 12.0. The van der Waals surface area contributed by atoms with E-state index in [2.05, 4.69) is 4.99 Å². The van der Waals surface area contributed by atoms with Crippen molar-refractivity contribution in [2.45, 2.75) is 0 Å². The van der Waals surface area contributed by atoms with Gasteiger partial charge in [0.25, 0.3) is 5.91 Å². The van der Waals surface area contributed by atoms with Crippen molar-refractivity contribution in [1.82, 2.24) is 4.90 Å². The summed E-state index contributed by atoms with van der Waals surface area (Å²) in [4.78, 5) is 29.3. The molecule has 0 bridgehead atoms. The van der Waals surface area contributed by atoms with Gasteiger partial charge in [-0.05, 0) is 29.0 Å². The van der Waals surface area contributed by atoms with Crippen LogP contribution in [0.15, 0.2) is 34.2 Å². The zero-order chi connectivity index (χ0) is 15.5. The molecule has 114 valence electrons. The van der Waals surface area contributed by atoms with Crippen molar-refractivity contribution >= 4 is 34.9 Å². The number of hydrogen-bond donors (Lipinski definition) is 0. The molecule has 0 unspecified atom stereocenters. The van der Waals surface area contributed by atoms with Gasteiger partial charge in [-0.1, -0.05) is 24.3 Å². The number of amides is 1. The van der Waals surface area contributed by atoms with E-state index in [4.69, 9.17) is 4.74 Å². The standard InChI is InChI=1S/C15H14N2O4S/c18-13-12(9-10-1-3-11(4-2-10)14(19)20)22-15(16-13)17-5-7-21-8-6-17/h1-4,9H,5-8H2,(H,19,20)/p-1. The number of benzene rings is 1. The molecule has 7 heteroatoms. The topological polar surface area (TPSA) is 82.0 Å². The van der Waals surface area contributed by atoms with Crippen LogP contribution in [0.5, 0.6) is 0 Å². The summed E-state index contributed by atoms with van der Waals surface area (Å²) in [5.41, 5.74) is 0.858. The molecule has 1 aromatic carbocycles. The van der Waals surface area contributed by atoms with E-state index < -0.39 is 5.97 Å². The van der Waals surface area contributed by atoms with Crippen LogP contribution >= 0.6 is 11.8 Å². The van der Waals surface area contributed by atoms with Crippen LogP contribution in [0.1, 0.15) is 15.9 Å². The smallest absolute Gasteiger partial charge is 0.286 e. The second kappa shape index (κ2) is 6.33. The lowest BCUT2D eigenvalue weighted by Gasteiger charge is -2.27. The number of carboxylic acid groups (broad SMARTS) is 1. The number of nitrogens with zero attached hydrogens (tertiary/aromatic N) is 2. The molecule has 0 atom stereocenters. The number of hydrogen-bond acceptors (Lipinski definition) is 6. The Morgan fingerprint density at radius 1 is 1.27 bits per heavy atom. The molecule has 0 saturated carbocycles. The van der Waals surface area contributed by atoms with E-state index in [1.54, 1.807) is 18.2 Å². The highest BCUT2D eigenvalue weighted by Gasteiger charge is 2.26. The number of carboxylic acids is 1. The van der Waals surface area contributed by atoms with E-state index in [1.807, 2.05) is 4.90 Å². The molecule has 2 aliphatic rings. The summed E-state index contributed by atoms with van der Waals surface area (Å²) in [7, 11) is 0. The molecule has 1 amide bonds. The predicted octanol–water partition coefficient (Wildman–Crippen LogP) is 0.353. The fourth-order valence-electron chi connectivity index (χ4n) is 2.15. The number of aliphatic imine (C=N–C) groups is 1. The number of aromatic carboxylic acids is 1. The normalized spacial score (nSPS) is 20.4. The first-order valence-corrected chi connectivity index (χ1v) is 7.62. The molecule has 1 aromatic rings. The number of thioether (sulfide) groups is 1. The fourth-order valence-corrected chi connectivity index (χ4v) is 3.12. The first-order chi connectivity index (χ1) is 10.6. The van der Waals surface area contributed by atoms with Crippen molar-refractivity contribution in [3.8, 4) is 0 Å². The summed E-state index contributed by atoms with van der Waals surface area (Å²) in [5.74, 6) is -1.49. The maximum absolute atomic E-state index is 12.0. The summed E-state index contributed by atoms with van der Waals surface area (Å²) in [6.45, 7) is 2.73. The third kappa shape index (κ3) is 3.20. The van der Waals surface area contributed by atoms with Crippen LogP contribution in [0.3, 0.4) is 0 Å². The quantitative estimate of drug-likeness (QED) is 0.732. The Kier molecular flexibility index (Phi) is 4.26. The summed E-state index contributed by atoms with van der Waals surface area (Å²) in [5, 5.41) is 11.4. The zero-order valence-electron chi connectivity index (χ0n) is 11.7. The van der Waals surface area contributed by atoms with Crippen molar-refractivity contribution < 1.29 is 19.4 Å². The van der Waals surface area contributed by atoms with Crippen molar-refractivity contribution in [3.05, 3.63) is 40.3 Å². The Hall–Kier alpha value is -2.12. The summed E-state index contributed by atoms with van der Waals surface area (Å²) >= 11 is 1.33. The highest BCUT2D eigenvalue weighted by atomic mass is 32.2. The highest BCUT2D eigenvalue weighted by Crippen LogP contribution is 2.30. The third-order valence-electron chi connectivity index (χ3n) is 3.33. The Bertz CT molecular complexity index is 661. The first kappa shape index (κ1) is 14.8. The van der Waals surface area contributed by atoms with Gasteiger partial charge in [-0.3, -0.25) is 4.79 Å². The van der Waals surface area contributed by atoms with Crippen LogP contribution in [-0.4, -0.2) is 48.2 Å². The summed E-state index contributed by atoms with van der Waals surface area (Å²) < 4.78 is 5.28. The molecule has 0 aliphatic carbocycles. The lowest BCUT2D eigenvalue weighted by Crippen LogP contribution is -2.38. The molecule has 0 aromatic heterocycles. The number of carbonyl (C=O) groups excluding carboxylic acids is 2. The number of rotatable bonds is 2. The second-order valence-corrected chi connectivity index (χ2v) is 5.83. The van der Waals surface area contributed by atoms with Crippen LogP contribution in [0.25, 0.3) is 6.08 Å². The number of carbonyl (C=O) groups is 2. The van der Waals surface area contributed by atoms with Crippen molar-refractivity contribution in [2.75, 3.05) is 26.3 Å². The van der Waals surface area contributed by atoms with Crippen LogP contribution in [0.2, 0.25) is 0 Å². The summed E-state index contributed by atoms with van der Waals surface area (Å²) in [6.07, 6.45) is 1.71. The average Bonchev–Trinajstić information content (AvgIpc) is 2.90. The molecule has 1 saturated heterocycles. The Labute approximate surface area is 131 Å². The monoisotopic (exact) mass is 317 g/mol. The van der Waals surface area contributed by atoms with Crippen LogP contribution in [0.4, 0.5) is 0 Å². The largest absolute Gasteiger partial charge is 0.545 e. The van der Waals surface area contributed by atoms with Gasteiger partial charge in [0, 0.05) is 13.1 Å². The number of ether oxygens (including phenoxy) is 1. The van der Waals surface area contributed by atoms with Crippen LogP contribution in [0, 0.1) is 0 Å². The number of amidine groups is 1. The van der Waals surface area contributed by atoms with E-state index in [9.17, 15) is 14.7 Å². The van der Waals surface area contributed by atoms with Crippen molar-refractivity contribution in [2.24, 2.45) is 4.99 Å². The van der Waals surface area contributed by atoms with Gasteiger partial charge in [0.1, 0.15) is 0 Å². The molecule has 22 heavy (non-hydrogen) atoms. The average molecular weight is 317 g/mol. The Balaban J connectivity index is 1.73. The van der Waals surface area contributed by atoms with Gasteiger partial charge in [-0.2, -0.15) is 4.99 Å². The van der Waals surface area contributed by atoms with Crippen LogP contribution < -0.4 is 5.11 Å². The van der Waals surface area contributed by atoms with E-state index in [-0.39, 0.29) is 11.5 Å². The third-order valence-corrected chi connectivity index (χ3v) is 4.38. The van der Waals surface area contributed by atoms with Gasteiger partial charge in [0.05, 0.1) is 24.1 Å². The molecule has 0 spiro atoms. The van der Waals surface area contributed by atoms with Gasteiger partial charge >= 0.3 is 0 Å². The minimum Gasteiger partial charge on any atom is -0.545 e. The SMILES string of the molecule is O=C1N=C(N2CCOCC2)SC1=Cc1ccc(C(=O)[O-])cc1. The van der Waals surface area contributed by atoms with E-state index in [0.717, 1.165) is 18.7 Å². The first-order valence-electron chi connectivity index (χ1n) is 6.80. The lowest BCUT2D eigenvalue weighted by atomic mass is 10.1. The lowest BCUT2D eigenvalue weighted by molar-refractivity contribution is -0.255. The fraction of sp³-hybridized carbons (Fsp3) is 0.267. The molecule has 0 N–H and O–H groups in total. The highest BCUT2D eigenvalue weighted by molar-refractivity contribution is 8.18. The van der Waals surface area contributed by atoms with E-state index >= 15 is 0 Å². The van der Waals surface area contributed by atoms with E-state index in [0.29, 0.717) is 23.3 Å². The van der Waals surface area contributed by atoms with E-state index in [1.165, 1.54) is 23.9 Å². The minimum atomic E-state index is -1.22. The second-order valence-electron chi connectivity index (χ2n) is 4.82. The minimum absolute atomic E-state index is 0.109. The van der Waals surface area contributed by atoms with Gasteiger partial charge in [0.2, 0.25) is 0 Å². The zero-order valence-corrected chi connectivity index (χ0v) is 12.5. The molecule has 6 nitrogen and oxygen atoms in total. The maximum Gasteiger partial charge on any atom is 0.286 e. The molecular weight excluding hydrogens is 304 g/mol. The molecule has 3 rings (SSSR count). The van der Waals surface area contributed by atoms with Crippen molar-refractivity contribution in [3.63, 3.8) is 0 Å².